The average molecular weight is 257 g/mol. The van der Waals surface area contributed by atoms with Crippen LogP contribution in [0.25, 0.3) is 6.08 Å². The van der Waals surface area contributed by atoms with E-state index in [0.29, 0.717) is 12.0 Å². The summed E-state index contributed by atoms with van der Waals surface area (Å²) < 4.78 is 13.9. The summed E-state index contributed by atoms with van der Waals surface area (Å²) in [5, 5.41) is 0. The van der Waals surface area contributed by atoms with Crippen LogP contribution in [-0.2, 0) is 6.42 Å². The Labute approximate surface area is 93.3 Å². The summed E-state index contributed by atoms with van der Waals surface area (Å²) in [5.74, 6) is -0.157. The zero-order chi connectivity index (χ0) is 11.1. The van der Waals surface area contributed by atoms with Crippen molar-refractivity contribution in [3.63, 3.8) is 0 Å². The first-order valence-corrected chi connectivity index (χ1v) is 5.09. The Morgan fingerprint density at radius 2 is 2.00 bits per heavy atom. The minimum Gasteiger partial charge on any atom is -0.207 e. The van der Waals surface area contributed by atoms with Crippen molar-refractivity contribution in [2.45, 2.75) is 13.3 Å². The summed E-state index contributed by atoms with van der Waals surface area (Å²) in [5.41, 5.74) is 1.65. The van der Waals surface area contributed by atoms with E-state index in [9.17, 15) is 4.39 Å². The summed E-state index contributed by atoms with van der Waals surface area (Å²) >= 11 is 3.34. The predicted octanol–water partition coefficient (Wildman–Crippen LogP) is 4.60. The van der Waals surface area contributed by atoms with Gasteiger partial charge in [0.2, 0.25) is 0 Å². The summed E-state index contributed by atoms with van der Waals surface area (Å²) in [6.07, 6.45) is 2.40. The van der Waals surface area contributed by atoms with E-state index < -0.39 is 0 Å². The van der Waals surface area contributed by atoms with E-state index in [-0.39, 0.29) is 5.82 Å². The molecule has 2 heteroatoms. The number of benzene rings is 1. The van der Waals surface area contributed by atoms with Crippen molar-refractivity contribution in [1.82, 2.24) is 0 Å². The molecule has 0 aromatic heterocycles. The van der Waals surface area contributed by atoms with Gasteiger partial charge in [-0.15, -0.1) is 13.2 Å². The topological polar surface area (TPSA) is 0 Å². The number of rotatable bonds is 2. The quantitative estimate of drug-likeness (QED) is 0.679. The van der Waals surface area contributed by atoms with Crippen LogP contribution in [0.3, 0.4) is 0 Å². The molecule has 14 heavy (non-hydrogen) atoms. The van der Waals surface area contributed by atoms with Gasteiger partial charge in [0, 0.05) is 10.0 Å². The highest BCUT2D eigenvalue weighted by atomic mass is 79.9. The highest BCUT2D eigenvalue weighted by Gasteiger charge is 2.06. The molecule has 0 atom stereocenters. The first kappa shape index (κ1) is 13.1. The van der Waals surface area contributed by atoms with Crippen molar-refractivity contribution in [3.05, 3.63) is 53.3 Å². The van der Waals surface area contributed by atoms with E-state index in [4.69, 9.17) is 0 Å². The first-order chi connectivity index (χ1) is 6.70. The van der Waals surface area contributed by atoms with Crippen molar-refractivity contribution < 1.29 is 4.39 Å². The van der Waals surface area contributed by atoms with E-state index >= 15 is 0 Å². The summed E-state index contributed by atoms with van der Waals surface area (Å²) in [6, 6.07) is 3.19. The van der Waals surface area contributed by atoms with Crippen LogP contribution in [0.1, 0.15) is 18.1 Å². The molecule has 0 N–H and O–H groups in total. The van der Waals surface area contributed by atoms with Crippen LogP contribution in [0.4, 0.5) is 4.39 Å². The largest absolute Gasteiger partial charge is 0.207 e. The fourth-order valence-corrected chi connectivity index (χ4v) is 1.86. The molecule has 0 aliphatic heterocycles. The van der Waals surface area contributed by atoms with Crippen molar-refractivity contribution >= 4 is 22.0 Å². The van der Waals surface area contributed by atoms with Crippen LogP contribution in [0.15, 0.2) is 36.3 Å². The molecule has 0 spiro atoms. The fraction of sp³-hybridized carbons (Fsp3) is 0.167. The standard InChI is InChI=1S/C10H10BrF.C2H4/c1-3-7-5-6-9(12)8(4-2)10(7)11;1-2/h3,5-6H,1,4H2,2H3;1-2H2. The second kappa shape index (κ2) is 6.55. The normalized spacial score (nSPS) is 8.79. The van der Waals surface area contributed by atoms with Crippen LogP contribution in [0.2, 0.25) is 0 Å². The number of hydrogen-bond donors (Lipinski definition) is 0. The summed E-state index contributed by atoms with van der Waals surface area (Å²) in [4.78, 5) is 0. The Bertz CT molecular complexity index is 318. The molecule has 1 aromatic rings. The third-order valence-corrected chi connectivity index (χ3v) is 2.73. The van der Waals surface area contributed by atoms with Crippen LogP contribution in [-0.4, -0.2) is 0 Å². The molecular formula is C12H14BrF. The Kier molecular flexibility index (Phi) is 6.13. The Morgan fingerprint density at radius 3 is 2.43 bits per heavy atom. The van der Waals surface area contributed by atoms with E-state index in [0.717, 1.165) is 10.0 Å². The molecule has 0 aliphatic carbocycles. The van der Waals surface area contributed by atoms with Gasteiger partial charge >= 0.3 is 0 Å². The number of hydrogen-bond acceptors (Lipinski definition) is 0. The van der Waals surface area contributed by atoms with Gasteiger partial charge in [-0.3, -0.25) is 0 Å². The zero-order valence-electron chi connectivity index (χ0n) is 8.32. The molecule has 76 valence electrons. The van der Waals surface area contributed by atoms with Crippen LogP contribution in [0, 0.1) is 5.82 Å². The minimum absolute atomic E-state index is 0.157. The molecule has 0 fully saturated rings. The van der Waals surface area contributed by atoms with Crippen molar-refractivity contribution in [2.24, 2.45) is 0 Å². The molecule has 0 amide bonds. The Balaban J connectivity index is 0.000000791. The molecule has 1 aromatic carbocycles. The summed E-state index contributed by atoms with van der Waals surface area (Å²) in [6.45, 7) is 11.6. The molecule has 0 bridgehead atoms. The highest BCUT2D eigenvalue weighted by molar-refractivity contribution is 9.10. The third-order valence-electron chi connectivity index (χ3n) is 1.79. The Morgan fingerprint density at radius 1 is 1.43 bits per heavy atom. The van der Waals surface area contributed by atoms with Crippen molar-refractivity contribution in [2.75, 3.05) is 0 Å². The maximum Gasteiger partial charge on any atom is 0.127 e. The molecule has 0 unspecified atom stereocenters. The molecule has 1 rings (SSSR count). The zero-order valence-corrected chi connectivity index (χ0v) is 9.90. The van der Waals surface area contributed by atoms with Gasteiger partial charge in [-0.1, -0.05) is 25.6 Å². The van der Waals surface area contributed by atoms with Gasteiger partial charge < -0.3 is 0 Å². The van der Waals surface area contributed by atoms with Crippen LogP contribution < -0.4 is 0 Å². The molecule has 0 radical (unpaired) electrons. The van der Waals surface area contributed by atoms with E-state index in [1.165, 1.54) is 6.07 Å². The average Bonchev–Trinajstić information content (AvgIpc) is 2.22. The molecule has 0 heterocycles. The lowest BCUT2D eigenvalue weighted by Gasteiger charge is -2.05. The van der Waals surface area contributed by atoms with Crippen molar-refractivity contribution in [3.8, 4) is 0 Å². The van der Waals surface area contributed by atoms with Gasteiger partial charge in [0.1, 0.15) is 5.82 Å². The second-order valence-corrected chi connectivity index (χ2v) is 3.28. The maximum absolute atomic E-state index is 13.1. The summed E-state index contributed by atoms with van der Waals surface area (Å²) in [7, 11) is 0. The smallest absolute Gasteiger partial charge is 0.127 e. The molecular weight excluding hydrogens is 243 g/mol. The lowest BCUT2D eigenvalue weighted by Crippen LogP contribution is -1.91. The molecule has 0 nitrogen and oxygen atoms in total. The maximum atomic E-state index is 13.1. The lowest BCUT2D eigenvalue weighted by atomic mass is 10.1. The van der Waals surface area contributed by atoms with Gasteiger partial charge in [0.05, 0.1) is 0 Å². The fourth-order valence-electron chi connectivity index (χ4n) is 1.10. The van der Waals surface area contributed by atoms with Crippen molar-refractivity contribution in [1.29, 1.82) is 0 Å². The minimum atomic E-state index is -0.157. The monoisotopic (exact) mass is 256 g/mol. The van der Waals surface area contributed by atoms with Gasteiger partial charge in [-0.25, -0.2) is 4.39 Å². The molecule has 0 saturated carbocycles. The third kappa shape index (κ3) is 2.81. The van der Waals surface area contributed by atoms with Gasteiger partial charge in [0.25, 0.3) is 0 Å². The van der Waals surface area contributed by atoms with Gasteiger partial charge in [-0.05, 0) is 34.0 Å². The van der Waals surface area contributed by atoms with Gasteiger partial charge in [-0.2, -0.15) is 0 Å². The predicted molar refractivity (Wildman–Crippen MR) is 64.8 cm³/mol. The first-order valence-electron chi connectivity index (χ1n) is 4.30. The second-order valence-electron chi connectivity index (χ2n) is 2.49. The van der Waals surface area contributed by atoms with Gasteiger partial charge in [0.15, 0.2) is 0 Å². The van der Waals surface area contributed by atoms with E-state index in [1.807, 2.05) is 6.92 Å². The Hall–Kier alpha value is -0.890. The van der Waals surface area contributed by atoms with Crippen LogP contribution >= 0.6 is 15.9 Å². The molecule has 0 saturated heterocycles. The van der Waals surface area contributed by atoms with E-state index in [1.54, 1.807) is 12.1 Å². The lowest BCUT2D eigenvalue weighted by molar-refractivity contribution is 0.610. The number of halogens is 2. The SMILES string of the molecule is C=C.C=Cc1ccc(F)c(CC)c1Br. The van der Waals surface area contributed by atoms with E-state index in [2.05, 4.69) is 35.7 Å². The van der Waals surface area contributed by atoms with Crippen LogP contribution in [0.5, 0.6) is 0 Å². The highest BCUT2D eigenvalue weighted by Crippen LogP contribution is 2.25. The molecule has 0 aliphatic rings.